The Labute approximate surface area is 78.3 Å². The van der Waals surface area contributed by atoms with Crippen LogP contribution in [0.1, 0.15) is 27.2 Å². The van der Waals surface area contributed by atoms with Gasteiger partial charge in [0, 0.05) is 18.0 Å². The third-order valence-corrected chi connectivity index (χ3v) is 1.82. The molecule has 0 spiro atoms. The van der Waals surface area contributed by atoms with Crippen molar-refractivity contribution in [2.24, 2.45) is 0 Å². The lowest BCUT2D eigenvalue weighted by molar-refractivity contribution is 0.101. The van der Waals surface area contributed by atoms with E-state index in [9.17, 15) is 4.79 Å². The Hall–Kier alpha value is -0.440. The van der Waals surface area contributed by atoms with Crippen molar-refractivity contribution in [2.45, 2.75) is 32.7 Å². The highest BCUT2D eigenvalue weighted by molar-refractivity contribution is 6.17. The maximum absolute atomic E-state index is 10.7. The van der Waals surface area contributed by atoms with Gasteiger partial charge in [-0.05, 0) is 27.2 Å². The Balaban J connectivity index is 4.15. The summed E-state index contributed by atoms with van der Waals surface area (Å²) in [5.41, 5.74) is -0.335. The molecule has 0 aliphatic carbocycles. The SMILES string of the molecule is CC(C)(C)N(CCCCl)C(=O)O. The van der Waals surface area contributed by atoms with Gasteiger partial charge in [-0.3, -0.25) is 0 Å². The molecule has 0 saturated carbocycles. The third-order valence-electron chi connectivity index (χ3n) is 1.56. The first-order valence-corrected chi connectivity index (χ1v) is 4.49. The van der Waals surface area contributed by atoms with Crippen molar-refractivity contribution in [3.05, 3.63) is 0 Å². The molecule has 0 bridgehead atoms. The molecule has 1 N–H and O–H groups in total. The second kappa shape index (κ2) is 4.55. The molecule has 1 amide bonds. The van der Waals surface area contributed by atoms with E-state index in [4.69, 9.17) is 16.7 Å². The summed E-state index contributed by atoms with van der Waals surface area (Å²) >= 11 is 5.48. The van der Waals surface area contributed by atoms with Gasteiger partial charge in [-0.25, -0.2) is 4.79 Å². The number of alkyl halides is 1. The Morgan fingerprint density at radius 1 is 1.50 bits per heavy atom. The maximum atomic E-state index is 10.7. The van der Waals surface area contributed by atoms with Crippen molar-refractivity contribution >= 4 is 17.7 Å². The van der Waals surface area contributed by atoms with Crippen LogP contribution in [0.3, 0.4) is 0 Å². The Bertz CT molecular complexity index is 154. The number of carboxylic acid groups (broad SMARTS) is 1. The average Bonchev–Trinajstić information content (AvgIpc) is 1.84. The average molecular weight is 194 g/mol. The molecule has 0 fully saturated rings. The van der Waals surface area contributed by atoms with Crippen molar-refractivity contribution in [1.82, 2.24) is 4.90 Å². The first-order chi connectivity index (χ1) is 5.39. The Morgan fingerprint density at radius 3 is 2.25 bits per heavy atom. The van der Waals surface area contributed by atoms with Crippen LogP contribution in [0.25, 0.3) is 0 Å². The molecule has 0 saturated heterocycles. The standard InChI is InChI=1S/C8H16ClNO2/c1-8(2,3)10(7(11)12)6-4-5-9/h4-6H2,1-3H3,(H,11,12). The predicted molar refractivity (Wildman–Crippen MR) is 49.8 cm³/mol. The van der Waals surface area contributed by atoms with E-state index in [1.54, 1.807) is 0 Å². The van der Waals surface area contributed by atoms with Crippen LogP contribution in [-0.4, -0.2) is 34.1 Å². The van der Waals surface area contributed by atoms with Gasteiger partial charge < -0.3 is 10.0 Å². The van der Waals surface area contributed by atoms with Crippen molar-refractivity contribution in [1.29, 1.82) is 0 Å². The minimum absolute atomic E-state index is 0.335. The zero-order chi connectivity index (χ0) is 9.78. The van der Waals surface area contributed by atoms with Crippen LogP contribution in [0.15, 0.2) is 0 Å². The smallest absolute Gasteiger partial charge is 0.407 e. The summed E-state index contributed by atoms with van der Waals surface area (Å²) in [5.74, 6) is 0.500. The molecule has 3 nitrogen and oxygen atoms in total. The van der Waals surface area contributed by atoms with E-state index in [2.05, 4.69) is 0 Å². The van der Waals surface area contributed by atoms with Gasteiger partial charge in [0.15, 0.2) is 0 Å². The number of halogens is 1. The highest BCUT2D eigenvalue weighted by Crippen LogP contribution is 2.13. The third kappa shape index (κ3) is 3.81. The van der Waals surface area contributed by atoms with E-state index in [0.717, 1.165) is 0 Å². The minimum Gasteiger partial charge on any atom is -0.465 e. The van der Waals surface area contributed by atoms with E-state index in [0.29, 0.717) is 18.8 Å². The topological polar surface area (TPSA) is 40.5 Å². The van der Waals surface area contributed by atoms with Crippen LogP contribution in [0.5, 0.6) is 0 Å². The van der Waals surface area contributed by atoms with Gasteiger partial charge in [0.2, 0.25) is 0 Å². The van der Waals surface area contributed by atoms with Crippen LogP contribution >= 0.6 is 11.6 Å². The minimum atomic E-state index is -0.882. The molecule has 0 rings (SSSR count). The maximum Gasteiger partial charge on any atom is 0.407 e. The first kappa shape index (κ1) is 11.6. The predicted octanol–water partition coefficient (Wildman–Crippen LogP) is 2.39. The summed E-state index contributed by atoms with van der Waals surface area (Å²) in [5, 5.41) is 8.82. The van der Waals surface area contributed by atoms with Crippen LogP contribution in [0.4, 0.5) is 4.79 Å². The number of hydrogen-bond donors (Lipinski definition) is 1. The van der Waals surface area contributed by atoms with Gasteiger partial charge in [0.25, 0.3) is 0 Å². The lowest BCUT2D eigenvalue weighted by atomic mass is 10.1. The van der Waals surface area contributed by atoms with Crippen molar-refractivity contribution in [2.75, 3.05) is 12.4 Å². The molecule has 72 valence electrons. The van der Waals surface area contributed by atoms with E-state index < -0.39 is 6.09 Å². The molecule has 0 aromatic heterocycles. The van der Waals surface area contributed by atoms with E-state index in [-0.39, 0.29) is 5.54 Å². The molecule has 0 aromatic carbocycles. The second-order valence-corrected chi connectivity index (χ2v) is 4.03. The van der Waals surface area contributed by atoms with Crippen LogP contribution in [-0.2, 0) is 0 Å². The molecular formula is C8H16ClNO2. The largest absolute Gasteiger partial charge is 0.465 e. The molecule has 0 aliphatic heterocycles. The van der Waals surface area contributed by atoms with Crippen molar-refractivity contribution in [3.8, 4) is 0 Å². The summed E-state index contributed by atoms with van der Waals surface area (Å²) < 4.78 is 0. The molecule has 0 radical (unpaired) electrons. The van der Waals surface area contributed by atoms with Crippen LogP contribution < -0.4 is 0 Å². The van der Waals surface area contributed by atoms with Crippen molar-refractivity contribution < 1.29 is 9.90 Å². The summed E-state index contributed by atoms with van der Waals surface area (Å²) in [7, 11) is 0. The number of hydrogen-bond acceptors (Lipinski definition) is 1. The normalized spacial score (nSPS) is 11.3. The summed E-state index contributed by atoms with van der Waals surface area (Å²) in [4.78, 5) is 12.1. The van der Waals surface area contributed by atoms with Crippen molar-refractivity contribution in [3.63, 3.8) is 0 Å². The Kier molecular flexibility index (Phi) is 4.39. The van der Waals surface area contributed by atoms with Gasteiger partial charge in [0.05, 0.1) is 0 Å². The molecular weight excluding hydrogens is 178 g/mol. The van der Waals surface area contributed by atoms with E-state index in [1.165, 1.54) is 4.90 Å². The monoisotopic (exact) mass is 193 g/mol. The van der Waals surface area contributed by atoms with Crippen LogP contribution in [0, 0.1) is 0 Å². The molecule has 0 aliphatic rings. The number of nitrogens with zero attached hydrogens (tertiary/aromatic N) is 1. The quantitative estimate of drug-likeness (QED) is 0.700. The molecule has 0 heterocycles. The summed E-state index contributed by atoms with van der Waals surface area (Å²) in [6.45, 7) is 6.11. The van der Waals surface area contributed by atoms with Gasteiger partial charge in [-0.2, -0.15) is 0 Å². The molecule has 4 heteroatoms. The molecule has 0 aromatic rings. The summed E-state index contributed by atoms with van der Waals surface area (Å²) in [6, 6.07) is 0. The highest BCUT2D eigenvalue weighted by atomic mass is 35.5. The Morgan fingerprint density at radius 2 is 2.00 bits per heavy atom. The fourth-order valence-electron chi connectivity index (χ4n) is 0.936. The number of rotatable bonds is 3. The van der Waals surface area contributed by atoms with Gasteiger partial charge in [-0.1, -0.05) is 0 Å². The van der Waals surface area contributed by atoms with E-state index in [1.807, 2.05) is 20.8 Å². The number of amides is 1. The van der Waals surface area contributed by atoms with Gasteiger partial charge in [-0.15, -0.1) is 11.6 Å². The number of carbonyl (C=O) groups is 1. The second-order valence-electron chi connectivity index (χ2n) is 3.65. The lowest BCUT2D eigenvalue weighted by Crippen LogP contribution is -2.45. The fraction of sp³-hybridized carbons (Fsp3) is 0.875. The molecule has 12 heavy (non-hydrogen) atoms. The molecule has 0 atom stereocenters. The fourth-order valence-corrected chi connectivity index (χ4v) is 1.06. The van der Waals surface area contributed by atoms with E-state index >= 15 is 0 Å². The zero-order valence-electron chi connectivity index (χ0n) is 7.80. The summed E-state index contributed by atoms with van der Waals surface area (Å²) in [6.07, 6.45) is -0.182. The first-order valence-electron chi connectivity index (χ1n) is 3.96. The molecule has 0 unspecified atom stereocenters. The van der Waals surface area contributed by atoms with Gasteiger partial charge in [0.1, 0.15) is 0 Å². The zero-order valence-corrected chi connectivity index (χ0v) is 8.56. The lowest BCUT2D eigenvalue weighted by Gasteiger charge is -2.32. The van der Waals surface area contributed by atoms with Crippen LogP contribution in [0.2, 0.25) is 0 Å². The highest BCUT2D eigenvalue weighted by Gasteiger charge is 2.24. The van der Waals surface area contributed by atoms with Gasteiger partial charge >= 0.3 is 6.09 Å².